The van der Waals surface area contributed by atoms with Crippen molar-refractivity contribution >= 4 is 27.7 Å². The summed E-state index contributed by atoms with van der Waals surface area (Å²) in [7, 11) is 0. The minimum absolute atomic E-state index is 0.0729. The minimum Gasteiger partial charge on any atom is -0.368 e. The van der Waals surface area contributed by atoms with E-state index >= 15 is 0 Å². The molecule has 2 amide bonds. The average Bonchev–Trinajstić information content (AvgIpc) is 2.24. The molecule has 1 rings (SSSR count). The fourth-order valence-electron chi connectivity index (χ4n) is 1.35. The predicted octanol–water partition coefficient (Wildman–Crippen LogP) is 1.54. The van der Waals surface area contributed by atoms with Gasteiger partial charge in [-0.3, -0.25) is 9.59 Å². The number of nitrogens with two attached hydrogens (primary N) is 1. The number of rotatable bonds is 4. The SMILES string of the molecule is CCN(CC(N)=O)C(=O)c1ccc(Br)cc1F. The van der Waals surface area contributed by atoms with Crippen molar-refractivity contribution in [1.29, 1.82) is 0 Å². The second-order valence-corrected chi connectivity index (χ2v) is 4.33. The van der Waals surface area contributed by atoms with Crippen molar-refractivity contribution in [2.45, 2.75) is 6.92 Å². The summed E-state index contributed by atoms with van der Waals surface area (Å²) in [6.45, 7) is 1.76. The van der Waals surface area contributed by atoms with Gasteiger partial charge in [-0.25, -0.2) is 4.39 Å². The molecule has 17 heavy (non-hydrogen) atoms. The van der Waals surface area contributed by atoms with Crippen LogP contribution in [0.25, 0.3) is 0 Å². The van der Waals surface area contributed by atoms with Crippen LogP contribution in [0, 0.1) is 5.82 Å². The monoisotopic (exact) mass is 302 g/mol. The molecule has 0 radical (unpaired) electrons. The summed E-state index contributed by atoms with van der Waals surface area (Å²) in [6, 6.07) is 4.13. The number of benzene rings is 1. The molecule has 4 nitrogen and oxygen atoms in total. The third-order valence-corrected chi connectivity index (χ3v) is 2.67. The van der Waals surface area contributed by atoms with Gasteiger partial charge < -0.3 is 10.6 Å². The number of likely N-dealkylation sites (N-methyl/N-ethyl adjacent to an activating group) is 1. The number of hydrogen-bond donors (Lipinski definition) is 1. The highest BCUT2D eigenvalue weighted by atomic mass is 79.9. The lowest BCUT2D eigenvalue weighted by Crippen LogP contribution is -2.38. The molecule has 6 heteroatoms. The van der Waals surface area contributed by atoms with Gasteiger partial charge in [0.2, 0.25) is 5.91 Å². The zero-order valence-electron chi connectivity index (χ0n) is 9.24. The van der Waals surface area contributed by atoms with Gasteiger partial charge in [0.05, 0.1) is 12.1 Å². The standard InChI is InChI=1S/C11H12BrFN2O2/c1-2-15(6-10(14)16)11(17)8-4-3-7(12)5-9(8)13/h3-5H,2,6H2,1H3,(H2,14,16). The zero-order valence-corrected chi connectivity index (χ0v) is 10.8. The number of halogens is 2. The number of nitrogens with zero attached hydrogens (tertiary/aromatic N) is 1. The molecule has 0 aromatic heterocycles. The molecule has 0 spiro atoms. The van der Waals surface area contributed by atoms with E-state index in [1.165, 1.54) is 17.0 Å². The Bertz CT molecular complexity index is 451. The zero-order chi connectivity index (χ0) is 13.0. The quantitative estimate of drug-likeness (QED) is 0.917. The van der Waals surface area contributed by atoms with Crippen LogP contribution in [0.1, 0.15) is 17.3 Å². The van der Waals surface area contributed by atoms with Crippen molar-refractivity contribution in [2.24, 2.45) is 5.73 Å². The number of amides is 2. The highest BCUT2D eigenvalue weighted by molar-refractivity contribution is 9.10. The van der Waals surface area contributed by atoms with E-state index in [4.69, 9.17) is 5.73 Å². The van der Waals surface area contributed by atoms with Gasteiger partial charge in [-0.15, -0.1) is 0 Å². The summed E-state index contributed by atoms with van der Waals surface area (Å²) in [4.78, 5) is 23.9. The summed E-state index contributed by atoms with van der Waals surface area (Å²) < 4.78 is 14.1. The lowest BCUT2D eigenvalue weighted by atomic mass is 10.2. The normalized spacial score (nSPS) is 10.1. The molecule has 0 atom stereocenters. The van der Waals surface area contributed by atoms with E-state index in [0.717, 1.165) is 0 Å². The summed E-state index contributed by atoms with van der Waals surface area (Å²) >= 11 is 3.10. The van der Waals surface area contributed by atoms with E-state index in [1.54, 1.807) is 13.0 Å². The molecule has 0 unspecified atom stereocenters. The molecule has 0 heterocycles. The number of carbonyl (C=O) groups excluding carboxylic acids is 2. The molecular formula is C11H12BrFN2O2. The van der Waals surface area contributed by atoms with Crippen molar-refractivity contribution in [3.8, 4) is 0 Å². The van der Waals surface area contributed by atoms with Crippen molar-refractivity contribution in [3.05, 3.63) is 34.1 Å². The van der Waals surface area contributed by atoms with Crippen LogP contribution in [0.4, 0.5) is 4.39 Å². The lowest BCUT2D eigenvalue weighted by Gasteiger charge is -2.19. The minimum atomic E-state index is -0.632. The number of hydrogen-bond acceptors (Lipinski definition) is 2. The molecule has 0 saturated carbocycles. The van der Waals surface area contributed by atoms with E-state index in [9.17, 15) is 14.0 Å². The molecule has 0 aliphatic heterocycles. The second-order valence-electron chi connectivity index (χ2n) is 3.41. The largest absolute Gasteiger partial charge is 0.368 e. The molecule has 2 N–H and O–H groups in total. The maximum Gasteiger partial charge on any atom is 0.257 e. The highest BCUT2D eigenvalue weighted by Gasteiger charge is 2.19. The Balaban J connectivity index is 2.97. The Morgan fingerprint density at radius 3 is 2.59 bits per heavy atom. The summed E-state index contributed by atoms with van der Waals surface area (Å²) in [6.07, 6.45) is 0. The van der Waals surface area contributed by atoms with Crippen LogP contribution in [-0.2, 0) is 4.79 Å². The van der Waals surface area contributed by atoms with E-state index in [2.05, 4.69) is 15.9 Å². The predicted molar refractivity (Wildman–Crippen MR) is 64.9 cm³/mol. The first-order valence-corrected chi connectivity index (χ1v) is 5.77. The molecule has 0 aliphatic carbocycles. The maximum atomic E-state index is 13.5. The summed E-state index contributed by atoms with van der Waals surface area (Å²) in [5.74, 6) is -1.80. The first kappa shape index (κ1) is 13.6. The van der Waals surface area contributed by atoms with Crippen LogP contribution in [0.15, 0.2) is 22.7 Å². The van der Waals surface area contributed by atoms with Crippen LogP contribution >= 0.6 is 15.9 Å². The van der Waals surface area contributed by atoms with Gasteiger partial charge in [0.1, 0.15) is 5.82 Å². The van der Waals surface area contributed by atoms with Gasteiger partial charge in [-0.2, -0.15) is 0 Å². The van der Waals surface area contributed by atoms with Crippen LogP contribution in [0.5, 0.6) is 0 Å². The molecule has 0 bridgehead atoms. The van der Waals surface area contributed by atoms with Crippen LogP contribution in [0.2, 0.25) is 0 Å². The van der Waals surface area contributed by atoms with E-state index < -0.39 is 17.6 Å². The van der Waals surface area contributed by atoms with Crippen molar-refractivity contribution < 1.29 is 14.0 Å². The average molecular weight is 303 g/mol. The number of carbonyl (C=O) groups is 2. The summed E-state index contributed by atoms with van der Waals surface area (Å²) in [5, 5.41) is 0. The Labute approximate surface area is 107 Å². The molecule has 1 aromatic carbocycles. The molecule has 0 aliphatic rings. The Kier molecular flexibility index (Phi) is 4.62. The van der Waals surface area contributed by atoms with Gasteiger partial charge in [0, 0.05) is 11.0 Å². The fourth-order valence-corrected chi connectivity index (χ4v) is 1.68. The van der Waals surface area contributed by atoms with Gasteiger partial charge in [0.25, 0.3) is 5.91 Å². The Hall–Kier alpha value is -1.43. The van der Waals surface area contributed by atoms with E-state index in [0.29, 0.717) is 4.47 Å². The van der Waals surface area contributed by atoms with Gasteiger partial charge in [-0.1, -0.05) is 15.9 Å². The molecule has 92 valence electrons. The second kappa shape index (κ2) is 5.77. The molecule has 1 aromatic rings. The molecule has 0 saturated heterocycles. The highest BCUT2D eigenvalue weighted by Crippen LogP contribution is 2.16. The smallest absolute Gasteiger partial charge is 0.257 e. The molecular weight excluding hydrogens is 291 g/mol. The fraction of sp³-hybridized carbons (Fsp3) is 0.273. The third-order valence-electron chi connectivity index (χ3n) is 2.18. The van der Waals surface area contributed by atoms with E-state index in [-0.39, 0.29) is 18.7 Å². The van der Waals surface area contributed by atoms with Crippen LogP contribution in [0.3, 0.4) is 0 Å². The van der Waals surface area contributed by atoms with Crippen molar-refractivity contribution in [2.75, 3.05) is 13.1 Å². The number of primary amides is 1. The van der Waals surface area contributed by atoms with Crippen molar-refractivity contribution in [3.63, 3.8) is 0 Å². The van der Waals surface area contributed by atoms with Gasteiger partial charge >= 0.3 is 0 Å². The van der Waals surface area contributed by atoms with Gasteiger partial charge in [-0.05, 0) is 25.1 Å². The third kappa shape index (κ3) is 3.52. The Morgan fingerprint density at radius 2 is 2.12 bits per heavy atom. The summed E-state index contributed by atoms with van der Waals surface area (Å²) in [5.41, 5.74) is 4.94. The maximum absolute atomic E-state index is 13.5. The van der Waals surface area contributed by atoms with Crippen LogP contribution in [-0.4, -0.2) is 29.8 Å². The van der Waals surface area contributed by atoms with Crippen molar-refractivity contribution in [1.82, 2.24) is 4.90 Å². The first-order chi connectivity index (χ1) is 7.95. The van der Waals surface area contributed by atoms with E-state index in [1.807, 2.05) is 0 Å². The van der Waals surface area contributed by atoms with Gasteiger partial charge in [0.15, 0.2) is 0 Å². The lowest BCUT2D eigenvalue weighted by molar-refractivity contribution is -0.118. The molecule has 0 fully saturated rings. The first-order valence-electron chi connectivity index (χ1n) is 4.98. The Morgan fingerprint density at radius 1 is 1.47 bits per heavy atom. The van der Waals surface area contributed by atoms with Crippen LogP contribution < -0.4 is 5.73 Å². The topological polar surface area (TPSA) is 63.4 Å².